The number of carboxylic acids is 1. The highest BCUT2D eigenvalue weighted by Crippen LogP contribution is 2.42. The molecule has 1 aliphatic rings. The van der Waals surface area contributed by atoms with Gasteiger partial charge in [-0.15, -0.1) is 0 Å². The third-order valence-corrected chi connectivity index (χ3v) is 3.05. The first-order valence-electron chi connectivity index (χ1n) is 5.07. The van der Waals surface area contributed by atoms with Crippen molar-refractivity contribution in [3.63, 3.8) is 0 Å². The molecule has 1 N–H and O–H groups in total. The van der Waals surface area contributed by atoms with Gasteiger partial charge in [0.2, 0.25) is 0 Å². The van der Waals surface area contributed by atoms with Crippen LogP contribution in [0.5, 0.6) is 5.75 Å². The van der Waals surface area contributed by atoms with Crippen molar-refractivity contribution in [3.05, 3.63) is 29.8 Å². The fraction of sp³-hybridized carbons (Fsp3) is 0.417. The van der Waals surface area contributed by atoms with Crippen molar-refractivity contribution in [1.29, 1.82) is 0 Å². The maximum absolute atomic E-state index is 10.7. The van der Waals surface area contributed by atoms with Gasteiger partial charge >= 0.3 is 5.97 Å². The van der Waals surface area contributed by atoms with Crippen molar-refractivity contribution in [1.82, 2.24) is 0 Å². The van der Waals surface area contributed by atoms with Crippen LogP contribution in [-0.2, 0) is 4.79 Å². The van der Waals surface area contributed by atoms with Crippen LogP contribution in [0.3, 0.4) is 0 Å². The first-order chi connectivity index (χ1) is 7.20. The zero-order valence-corrected chi connectivity index (χ0v) is 8.64. The Morgan fingerprint density at radius 2 is 2.20 bits per heavy atom. The molecule has 0 amide bonds. The van der Waals surface area contributed by atoms with Crippen LogP contribution in [0.15, 0.2) is 24.3 Å². The summed E-state index contributed by atoms with van der Waals surface area (Å²) < 4.78 is 5.13. The maximum Gasteiger partial charge on any atom is 0.306 e. The minimum absolute atomic E-state index is 0.152. The summed E-state index contributed by atoms with van der Waals surface area (Å²) in [6, 6.07) is 7.87. The molecule has 0 aliphatic heterocycles. The fourth-order valence-corrected chi connectivity index (χ4v) is 1.99. The molecule has 0 radical (unpaired) electrons. The predicted octanol–water partition coefficient (Wildman–Crippen LogP) is 2.27. The zero-order valence-electron chi connectivity index (χ0n) is 8.64. The molecule has 0 bridgehead atoms. The lowest BCUT2D eigenvalue weighted by atomic mass is 9.71. The van der Waals surface area contributed by atoms with E-state index in [1.54, 1.807) is 7.11 Å². The Balaban J connectivity index is 2.03. The summed E-state index contributed by atoms with van der Waals surface area (Å²) in [5, 5.41) is 8.77. The Morgan fingerprint density at radius 1 is 1.47 bits per heavy atom. The number of hydrogen-bond donors (Lipinski definition) is 1. The minimum atomic E-state index is -0.672. The van der Waals surface area contributed by atoms with E-state index in [0.29, 0.717) is 5.92 Å². The molecule has 3 nitrogen and oxygen atoms in total. The standard InChI is InChI=1S/C12H14O3/c1-15-11-4-2-3-8(7-11)9-5-10(6-9)12(13)14/h2-4,7,9-10H,5-6H2,1H3,(H,13,14). The van der Waals surface area contributed by atoms with Crippen LogP contribution < -0.4 is 4.74 Å². The van der Waals surface area contributed by atoms with Crippen LogP contribution in [0.1, 0.15) is 24.3 Å². The lowest BCUT2D eigenvalue weighted by Gasteiger charge is -2.32. The number of methoxy groups -OCH3 is 1. The predicted molar refractivity (Wildman–Crippen MR) is 56.1 cm³/mol. The first-order valence-corrected chi connectivity index (χ1v) is 5.07. The molecule has 0 aromatic heterocycles. The highest BCUT2D eigenvalue weighted by atomic mass is 16.5. The molecule has 1 aromatic carbocycles. The van der Waals surface area contributed by atoms with E-state index in [0.717, 1.165) is 18.6 Å². The van der Waals surface area contributed by atoms with E-state index in [-0.39, 0.29) is 5.92 Å². The number of carboxylic acid groups (broad SMARTS) is 1. The number of ether oxygens (including phenoxy) is 1. The third-order valence-electron chi connectivity index (χ3n) is 3.05. The van der Waals surface area contributed by atoms with Crippen molar-refractivity contribution in [2.75, 3.05) is 7.11 Å². The Bertz CT molecular complexity index is 367. The van der Waals surface area contributed by atoms with Crippen molar-refractivity contribution in [2.45, 2.75) is 18.8 Å². The van der Waals surface area contributed by atoms with Gasteiger partial charge in [0, 0.05) is 0 Å². The summed E-state index contributed by atoms with van der Waals surface area (Å²) in [4.78, 5) is 10.7. The summed E-state index contributed by atoms with van der Waals surface area (Å²) in [5.41, 5.74) is 1.19. The number of rotatable bonds is 3. The maximum atomic E-state index is 10.7. The van der Waals surface area contributed by atoms with Gasteiger partial charge in [-0.3, -0.25) is 4.79 Å². The Morgan fingerprint density at radius 3 is 2.80 bits per heavy atom. The second kappa shape index (κ2) is 3.93. The molecule has 1 aliphatic carbocycles. The number of aliphatic carboxylic acids is 1. The molecule has 1 aromatic rings. The molecule has 15 heavy (non-hydrogen) atoms. The zero-order chi connectivity index (χ0) is 10.8. The van der Waals surface area contributed by atoms with Gasteiger partial charge < -0.3 is 9.84 Å². The monoisotopic (exact) mass is 206 g/mol. The van der Waals surface area contributed by atoms with E-state index in [2.05, 4.69) is 0 Å². The number of carbonyl (C=O) groups is 1. The Hall–Kier alpha value is -1.51. The summed E-state index contributed by atoms with van der Waals surface area (Å²) in [7, 11) is 1.64. The first kappa shape index (κ1) is 10.0. The van der Waals surface area contributed by atoms with E-state index in [9.17, 15) is 4.79 Å². The van der Waals surface area contributed by atoms with E-state index in [1.807, 2.05) is 24.3 Å². The van der Waals surface area contributed by atoms with Gasteiger partial charge in [-0.1, -0.05) is 12.1 Å². The summed E-state index contributed by atoms with van der Waals surface area (Å²) in [6.07, 6.45) is 1.50. The van der Waals surface area contributed by atoms with Crippen LogP contribution in [0.4, 0.5) is 0 Å². The second-order valence-electron chi connectivity index (χ2n) is 3.98. The van der Waals surface area contributed by atoms with Gasteiger partial charge in [0.15, 0.2) is 0 Å². The van der Waals surface area contributed by atoms with Gasteiger partial charge in [-0.25, -0.2) is 0 Å². The summed E-state index contributed by atoms with van der Waals surface area (Å²) in [5.74, 6) is 0.405. The summed E-state index contributed by atoms with van der Waals surface area (Å²) in [6.45, 7) is 0. The van der Waals surface area contributed by atoms with Gasteiger partial charge in [-0.05, 0) is 36.5 Å². The van der Waals surface area contributed by atoms with Crippen LogP contribution in [0.2, 0.25) is 0 Å². The second-order valence-corrected chi connectivity index (χ2v) is 3.98. The molecule has 0 heterocycles. The van der Waals surface area contributed by atoms with Crippen molar-refractivity contribution in [2.24, 2.45) is 5.92 Å². The lowest BCUT2D eigenvalue weighted by molar-refractivity contribution is -0.145. The largest absolute Gasteiger partial charge is 0.497 e. The normalized spacial score (nSPS) is 24.3. The van der Waals surface area contributed by atoms with Crippen LogP contribution in [0.25, 0.3) is 0 Å². The van der Waals surface area contributed by atoms with Crippen LogP contribution in [0, 0.1) is 5.92 Å². The third kappa shape index (κ3) is 1.96. The Kier molecular flexibility index (Phi) is 2.62. The van der Waals surface area contributed by atoms with E-state index >= 15 is 0 Å². The van der Waals surface area contributed by atoms with Gasteiger partial charge in [0.05, 0.1) is 13.0 Å². The average Bonchev–Trinajstić information content (AvgIpc) is 2.15. The fourth-order valence-electron chi connectivity index (χ4n) is 1.99. The number of benzene rings is 1. The molecular weight excluding hydrogens is 192 g/mol. The molecule has 0 spiro atoms. The van der Waals surface area contributed by atoms with Gasteiger partial charge in [-0.2, -0.15) is 0 Å². The van der Waals surface area contributed by atoms with E-state index in [1.165, 1.54) is 5.56 Å². The highest BCUT2D eigenvalue weighted by molar-refractivity contribution is 5.71. The molecule has 1 saturated carbocycles. The topological polar surface area (TPSA) is 46.5 Å². The van der Waals surface area contributed by atoms with Crippen molar-refractivity contribution in [3.8, 4) is 5.75 Å². The number of hydrogen-bond acceptors (Lipinski definition) is 2. The molecule has 2 rings (SSSR count). The van der Waals surface area contributed by atoms with Gasteiger partial charge in [0.25, 0.3) is 0 Å². The Labute approximate surface area is 88.7 Å². The smallest absolute Gasteiger partial charge is 0.306 e. The molecule has 80 valence electrons. The molecule has 0 saturated heterocycles. The lowest BCUT2D eigenvalue weighted by Crippen LogP contribution is -2.28. The highest BCUT2D eigenvalue weighted by Gasteiger charge is 2.35. The minimum Gasteiger partial charge on any atom is -0.497 e. The van der Waals surface area contributed by atoms with Crippen molar-refractivity contribution < 1.29 is 14.6 Å². The quantitative estimate of drug-likeness (QED) is 0.825. The van der Waals surface area contributed by atoms with Crippen LogP contribution in [-0.4, -0.2) is 18.2 Å². The molecule has 3 heteroatoms. The average molecular weight is 206 g/mol. The van der Waals surface area contributed by atoms with Crippen molar-refractivity contribution >= 4 is 5.97 Å². The SMILES string of the molecule is COc1cccc(C2CC(C(=O)O)C2)c1. The van der Waals surface area contributed by atoms with Crippen LogP contribution >= 0.6 is 0 Å². The van der Waals surface area contributed by atoms with Gasteiger partial charge in [0.1, 0.15) is 5.75 Å². The van der Waals surface area contributed by atoms with E-state index < -0.39 is 5.97 Å². The molecule has 1 fully saturated rings. The molecule has 0 atom stereocenters. The van der Waals surface area contributed by atoms with E-state index in [4.69, 9.17) is 9.84 Å². The molecular formula is C12H14O3. The molecule has 0 unspecified atom stereocenters. The summed E-state index contributed by atoms with van der Waals surface area (Å²) >= 11 is 0.